The van der Waals surface area contributed by atoms with E-state index in [-0.39, 0.29) is 17.6 Å². The van der Waals surface area contributed by atoms with E-state index in [9.17, 15) is 18.0 Å². The zero-order valence-electron chi connectivity index (χ0n) is 23.5. The van der Waals surface area contributed by atoms with Gasteiger partial charge < -0.3 is 0 Å². The minimum atomic E-state index is -4.57. The number of aromatic nitrogens is 2. The SMILES string of the molecule is C[C@H]1CCCN(Cc2cc(C(F)(F)F)c3cn(-c4cccc([C@@H](C5CCC5)C5NNCN5C5CC5)c4)c(=O)n3c2)C1. The van der Waals surface area contributed by atoms with Crippen molar-refractivity contribution in [3.8, 4) is 5.69 Å². The van der Waals surface area contributed by atoms with Gasteiger partial charge in [0.1, 0.15) is 0 Å². The van der Waals surface area contributed by atoms with Gasteiger partial charge in [-0.2, -0.15) is 13.2 Å². The smallest absolute Gasteiger partial charge is 0.299 e. The van der Waals surface area contributed by atoms with Crippen molar-refractivity contribution in [3.05, 3.63) is 69.9 Å². The molecule has 2 saturated carbocycles. The first-order valence-electron chi connectivity index (χ1n) is 15.2. The number of rotatable bonds is 7. The van der Waals surface area contributed by atoms with E-state index in [1.165, 1.54) is 40.5 Å². The van der Waals surface area contributed by atoms with Crippen LogP contribution in [-0.2, 0) is 12.7 Å². The number of piperidine rings is 1. The van der Waals surface area contributed by atoms with Gasteiger partial charge in [0.15, 0.2) is 0 Å². The molecular formula is C31H39F3N6O. The van der Waals surface area contributed by atoms with Gasteiger partial charge in [-0.3, -0.25) is 18.8 Å². The minimum absolute atomic E-state index is 0.110. The van der Waals surface area contributed by atoms with Crippen molar-refractivity contribution in [2.75, 3.05) is 19.8 Å². The number of pyridine rings is 1. The highest BCUT2D eigenvalue weighted by molar-refractivity contribution is 5.58. The van der Waals surface area contributed by atoms with Gasteiger partial charge in [0.25, 0.3) is 0 Å². The normalized spacial score (nSPS) is 25.6. The Bertz CT molecular complexity index is 1470. The van der Waals surface area contributed by atoms with Crippen LogP contribution in [-0.4, -0.2) is 50.7 Å². The highest BCUT2D eigenvalue weighted by Gasteiger charge is 2.44. The molecule has 10 heteroatoms. The van der Waals surface area contributed by atoms with E-state index < -0.39 is 17.4 Å². The summed E-state index contributed by atoms with van der Waals surface area (Å²) >= 11 is 0. The second kappa shape index (κ2) is 10.6. The zero-order valence-corrected chi connectivity index (χ0v) is 23.5. The van der Waals surface area contributed by atoms with Gasteiger partial charge in [0.2, 0.25) is 0 Å². The van der Waals surface area contributed by atoms with Gasteiger partial charge in [-0.1, -0.05) is 25.5 Å². The fourth-order valence-electron chi connectivity index (χ4n) is 7.31. The monoisotopic (exact) mass is 568 g/mol. The Labute approximate surface area is 238 Å². The molecule has 220 valence electrons. The number of hydrogen-bond acceptors (Lipinski definition) is 5. The molecule has 0 spiro atoms. The lowest BCUT2D eigenvalue weighted by atomic mass is 9.71. The largest absolute Gasteiger partial charge is 0.418 e. The molecule has 4 fully saturated rings. The van der Waals surface area contributed by atoms with Crippen molar-refractivity contribution in [1.29, 1.82) is 0 Å². The summed E-state index contributed by atoms with van der Waals surface area (Å²) < 4.78 is 45.5. The van der Waals surface area contributed by atoms with Gasteiger partial charge in [-0.25, -0.2) is 15.6 Å². The third kappa shape index (κ3) is 5.24. The molecule has 2 aliphatic carbocycles. The zero-order chi connectivity index (χ0) is 28.3. The highest BCUT2D eigenvalue weighted by atomic mass is 19.4. The van der Waals surface area contributed by atoms with Crippen LogP contribution in [0.5, 0.6) is 0 Å². The lowest BCUT2D eigenvalue weighted by Gasteiger charge is -2.40. The van der Waals surface area contributed by atoms with Crippen molar-refractivity contribution in [2.45, 2.75) is 82.7 Å². The molecule has 0 radical (unpaired) electrons. The molecule has 3 aromatic rings. The fraction of sp³-hybridized carbons (Fsp3) is 0.581. The number of imidazole rings is 1. The van der Waals surface area contributed by atoms with E-state index in [0.717, 1.165) is 51.0 Å². The summed E-state index contributed by atoms with van der Waals surface area (Å²) in [6.07, 6.45) is 6.69. The number of benzene rings is 1. The van der Waals surface area contributed by atoms with Crippen LogP contribution in [0, 0.1) is 11.8 Å². The molecule has 2 aromatic heterocycles. The molecule has 41 heavy (non-hydrogen) atoms. The number of halogens is 3. The summed E-state index contributed by atoms with van der Waals surface area (Å²) in [5.74, 6) is 1.28. The maximum atomic E-state index is 14.3. The molecule has 4 heterocycles. The van der Waals surface area contributed by atoms with E-state index >= 15 is 0 Å². The molecule has 0 bridgehead atoms. The number of nitrogens with one attached hydrogen (secondary N) is 2. The minimum Gasteiger partial charge on any atom is -0.299 e. The van der Waals surface area contributed by atoms with Crippen molar-refractivity contribution in [1.82, 2.24) is 29.6 Å². The van der Waals surface area contributed by atoms with Crippen LogP contribution in [0.25, 0.3) is 11.2 Å². The average molecular weight is 569 g/mol. The van der Waals surface area contributed by atoms with Crippen molar-refractivity contribution >= 4 is 5.52 Å². The van der Waals surface area contributed by atoms with Crippen LogP contribution in [0.3, 0.4) is 0 Å². The molecular weight excluding hydrogens is 529 g/mol. The van der Waals surface area contributed by atoms with Crippen LogP contribution in [0.4, 0.5) is 13.2 Å². The quantitative estimate of drug-likeness (QED) is 0.417. The Balaban J connectivity index is 1.26. The third-order valence-corrected chi connectivity index (χ3v) is 9.69. The summed E-state index contributed by atoms with van der Waals surface area (Å²) in [6, 6.07) is 9.70. The van der Waals surface area contributed by atoms with E-state index in [1.807, 2.05) is 18.2 Å². The highest BCUT2D eigenvalue weighted by Crippen LogP contribution is 2.45. The van der Waals surface area contributed by atoms with Crippen LogP contribution in [0.2, 0.25) is 0 Å². The number of alkyl halides is 3. The van der Waals surface area contributed by atoms with E-state index in [2.05, 4.69) is 33.6 Å². The van der Waals surface area contributed by atoms with Crippen molar-refractivity contribution in [3.63, 3.8) is 0 Å². The maximum Gasteiger partial charge on any atom is 0.418 e. The number of hydrogen-bond donors (Lipinski definition) is 2. The average Bonchev–Trinajstić information content (AvgIpc) is 3.55. The molecule has 1 aromatic carbocycles. The van der Waals surface area contributed by atoms with Gasteiger partial charge in [-0.15, -0.1) is 0 Å². The van der Waals surface area contributed by atoms with E-state index in [0.29, 0.717) is 35.7 Å². The van der Waals surface area contributed by atoms with Crippen LogP contribution in [0.1, 0.15) is 74.5 Å². The van der Waals surface area contributed by atoms with Crippen LogP contribution >= 0.6 is 0 Å². The number of fused-ring (bicyclic) bond motifs is 1. The Hall–Kier alpha value is -2.66. The molecule has 7 rings (SSSR count). The third-order valence-electron chi connectivity index (χ3n) is 9.69. The van der Waals surface area contributed by atoms with Crippen LogP contribution in [0.15, 0.2) is 47.5 Å². The summed E-state index contributed by atoms with van der Waals surface area (Å²) in [5, 5.41) is 0. The molecule has 1 unspecified atom stereocenters. The van der Waals surface area contributed by atoms with Gasteiger partial charge >= 0.3 is 11.9 Å². The molecule has 4 aliphatic rings. The van der Waals surface area contributed by atoms with Gasteiger partial charge in [-0.05, 0) is 86.2 Å². The molecule has 2 N–H and O–H groups in total. The topological polar surface area (TPSA) is 57.0 Å². The lowest BCUT2D eigenvalue weighted by molar-refractivity contribution is -0.136. The first kappa shape index (κ1) is 27.2. The molecule has 0 amide bonds. The Morgan fingerprint density at radius 1 is 1.05 bits per heavy atom. The Morgan fingerprint density at radius 2 is 1.88 bits per heavy atom. The standard InChI is InChI=1S/C31H39F3N6O/c1-20-5-4-12-37(15-20)16-21-13-26(31(32,33)34)27-18-38(30(41)39(27)17-21)25-9-3-8-23(14-25)28(22-6-2-7-22)29-36-35-19-40(29)24-10-11-24/h3,8-9,13-14,17-18,20,22,24,28-29,35-36H,2,4-7,10-12,15-16,19H2,1H3/t20-,28+,29?/m0/s1. The Kier molecular flexibility index (Phi) is 7.00. The summed E-state index contributed by atoms with van der Waals surface area (Å²) in [7, 11) is 0. The van der Waals surface area contributed by atoms with E-state index in [1.54, 1.807) is 6.20 Å². The number of nitrogens with zero attached hydrogens (tertiary/aromatic N) is 4. The van der Waals surface area contributed by atoms with Gasteiger partial charge in [0.05, 0.1) is 29.6 Å². The summed E-state index contributed by atoms with van der Waals surface area (Å²) in [5.41, 5.74) is 7.73. The summed E-state index contributed by atoms with van der Waals surface area (Å²) in [4.78, 5) is 18.4. The van der Waals surface area contributed by atoms with E-state index in [4.69, 9.17) is 0 Å². The summed E-state index contributed by atoms with van der Waals surface area (Å²) in [6.45, 7) is 5.10. The Morgan fingerprint density at radius 3 is 2.59 bits per heavy atom. The first-order valence-corrected chi connectivity index (χ1v) is 15.2. The predicted octanol–water partition coefficient (Wildman–Crippen LogP) is 5.08. The second-order valence-corrected chi connectivity index (χ2v) is 12.8. The molecule has 2 saturated heterocycles. The van der Waals surface area contributed by atoms with Crippen LogP contribution < -0.4 is 16.5 Å². The molecule has 7 nitrogen and oxygen atoms in total. The van der Waals surface area contributed by atoms with Crippen molar-refractivity contribution in [2.24, 2.45) is 11.8 Å². The fourth-order valence-corrected chi connectivity index (χ4v) is 7.31. The maximum absolute atomic E-state index is 14.3. The molecule has 2 aliphatic heterocycles. The molecule has 3 atom stereocenters. The lowest BCUT2D eigenvalue weighted by Crippen LogP contribution is -2.46. The predicted molar refractivity (Wildman–Crippen MR) is 152 cm³/mol. The first-order chi connectivity index (χ1) is 19.8. The van der Waals surface area contributed by atoms with Crippen molar-refractivity contribution < 1.29 is 13.2 Å². The number of likely N-dealkylation sites (tertiary alicyclic amines) is 1. The second-order valence-electron chi connectivity index (χ2n) is 12.8. The number of hydrazine groups is 1. The van der Waals surface area contributed by atoms with Gasteiger partial charge in [0, 0.05) is 37.4 Å².